The second-order valence-corrected chi connectivity index (χ2v) is 6.33. The Morgan fingerprint density at radius 1 is 1.33 bits per heavy atom. The Labute approximate surface area is 111 Å². The van der Waals surface area contributed by atoms with Crippen LogP contribution >= 0.6 is 0 Å². The summed E-state index contributed by atoms with van der Waals surface area (Å²) in [7, 11) is 0. The first-order chi connectivity index (χ1) is 8.55. The van der Waals surface area contributed by atoms with E-state index in [0.717, 1.165) is 45.1 Å². The zero-order valence-corrected chi connectivity index (χ0v) is 11.9. The fourth-order valence-electron chi connectivity index (χ4n) is 3.29. The van der Waals surface area contributed by atoms with E-state index in [9.17, 15) is 5.11 Å². The third kappa shape index (κ3) is 3.69. The average Bonchev–Trinajstić information content (AvgIpc) is 2.82. The zero-order valence-electron chi connectivity index (χ0n) is 11.9. The van der Waals surface area contributed by atoms with E-state index in [2.05, 4.69) is 13.8 Å². The molecular weight excluding hydrogens is 228 g/mol. The SMILES string of the molecule is CCC1(C)CC(O)(CCCC2CCCO2)CCO1. The molecule has 0 aliphatic carbocycles. The maximum Gasteiger partial charge on any atom is 0.0697 e. The van der Waals surface area contributed by atoms with E-state index >= 15 is 0 Å². The number of hydrogen-bond donors (Lipinski definition) is 1. The average molecular weight is 256 g/mol. The van der Waals surface area contributed by atoms with E-state index in [1.165, 1.54) is 12.8 Å². The standard InChI is InChI=1S/C15H28O3/c1-3-14(2)12-15(16,9-11-18-14)8-4-6-13-7-5-10-17-13/h13,16H,3-12H2,1-2H3. The van der Waals surface area contributed by atoms with Crippen molar-refractivity contribution in [3.05, 3.63) is 0 Å². The Bertz CT molecular complexity index is 262. The molecule has 0 aromatic heterocycles. The Kier molecular flexibility index (Phi) is 4.68. The Morgan fingerprint density at radius 2 is 2.17 bits per heavy atom. The molecule has 2 aliphatic heterocycles. The minimum atomic E-state index is -0.512. The summed E-state index contributed by atoms with van der Waals surface area (Å²) < 4.78 is 11.4. The molecule has 3 nitrogen and oxygen atoms in total. The lowest BCUT2D eigenvalue weighted by Gasteiger charge is -2.43. The quantitative estimate of drug-likeness (QED) is 0.821. The first kappa shape index (κ1) is 14.3. The molecule has 0 saturated carbocycles. The maximum absolute atomic E-state index is 10.7. The Hall–Kier alpha value is -0.120. The zero-order chi connectivity index (χ0) is 13.1. The Balaban J connectivity index is 1.76. The van der Waals surface area contributed by atoms with Gasteiger partial charge in [-0.2, -0.15) is 0 Å². The molecular formula is C15H28O3. The molecule has 0 radical (unpaired) electrons. The summed E-state index contributed by atoms with van der Waals surface area (Å²) in [5.74, 6) is 0. The largest absolute Gasteiger partial charge is 0.390 e. The highest BCUT2D eigenvalue weighted by molar-refractivity contribution is 4.92. The molecule has 18 heavy (non-hydrogen) atoms. The summed E-state index contributed by atoms with van der Waals surface area (Å²) in [5, 5.41) is 10.7. The van der Waals surface area contributed by atoms with Gasteiger partial charge in [0.05, 0.1) is 23.9 Å². The molecule has 2 aliphatic rings. The van der Waals surface area contributed by atoms with Gasteiger partial charge in [0.2, 0.25) is 0 Å². The van der Waals surface area contributed by atoms with Gasteiger partial charge in [0.1, 0.15) is 0 Å². The van der Waals surface area contributed by atoms with Crippen molar-refractivity contribution in [3.8, 4) is 0 Å². The second-order valence-electron chi connectivity index (χ2n) is 6.33. The lowest BCUT2D eigenvalue weighted by Crippen LogP contribution is -2.47. The monoisotopic (exact) mass is 256 g/mol. The molecule has 3 atom stereocenters. The van der Waals surface area contributed by atoms with E-state index in [4.69, 9.17) is 9.47 Å². The molecule has 3 unspecified atom stereocenters. The van der Waals surface area contributed by atoms with Crippen LogP contribution in [0.5, 0.6) is 0 Å². The fraction of sp³-hybridized carbons (Fsp3) is 1.00. The summed E-state index contributed by atoms with van der Waals surface area (Å²) in [5.41, 5.74) is -0.640. The van der Waals surface area contributed by atoms with E-state index in [0.29, 0.717) is 12.7 Å². The third-order valence-corrected chi connectivity index (χ3v) is 4.66. The lowest BCUT2D eigenvalue weighted by molar-refractivity contribution is -0.156. The van der Waals surface area contributed by atoms with Gasteiger partial charge in [0.25, 0.3) is 0 Å². The van der Waals surface area contributed by atoms with Crippen LogP contribution in [0, 0.1) is 0 Å². The predicted octanol–water partition coefficient (Wildman–Crippen LogP) is 3.05. The van der Waals surface area contributed by atoms with Crippen molar-refractivity contribution < 1.29 is 14.6 Å². The van der Waals surface area contributed by atoms with Crippen molar-refractivity contribution in [1.82, 2.24) is 0 Å². The highest BCUT2D eigenvalue weighted by Gasteiger charge is 2.40. The van der Waals surface area contributed by atoms with Gasteiger partial charge in [-0.15, -0.1) is 0 Å². The van der Waals surface area contributed by atoms with E-state index in [-0.39, 0.29) is 5.60 Å². The molecule has 0 amide bonds. The first-order valence-corrected chi connectivity index (χ1v) is 7.53. The molecule has 2 rings (SSSR count). The summed E-state index contributed by atoms with van der Waals surface area (Å²) >= 11 is 0. The van der Waals surface area contributed by atoms with Crippen LogP contribution in [-0.4, -0.2) is 35.6 Å². The van der Waals surface area contributed by atoms with Crippen molar-refractivity contribution >= 4 is 0 Å². The number of ether oxygens (including phenoxy) is 2. The molecule has 1 N–H and O–H groups in total. The maximum atomic E-state index is 10.7. The van der Waals surface area contributed by atoms with Gasteiger partial charge in [-0.1, -0.05) is 6.92 Å². The topological polar surface area (TPSA) is 38.7 Å². The molecule has 0 spiro atoms. The van der Waals surface area contributed by atoms with Crippen molar-refractivity contribution in [1.29, 1.82) is 0 Å². The van der Waals surface area contributed by atoms with Gasteiger partial charge in [-0.25, -0.2) is 0 Å². The lowest BCUT2D eigenvalue weighted by atomic mass is 9.79. The van der Waals surface area contributed by atoms with Gasteiger partial charge >= 0.3 is 0 Å². The minimum Gasteiger partial charge on any atom is -0.390 e. The number of aliphatic hydroxyl groups is 1. The van der Waals surface area contributed by atoms with Crippen molar-refractivity contribution in [2.24, 2.45) is 0 Å². The molecule has 2 heterocycles. The van der Waals surface area contributed by atoms with E-state index < -0.39 is 5.60 Å². The Morgan fingerprint density at radius 3 is 2.83 bits per heavy atom. The van der Waals surface area contributed by atoms with Crippen LogP contribution < -0.4 is 0 Å². The molecule has 0 bridgehead atoms. The smallest absolute Gasteiger partial charge is 0.0697 e. The second kappa shape index (κ2) is 5.89. The first-order valence-electron chi connectivity index (χ1n) is 7.53. The van der Waals surface area contributed by atoms with Crippen molar-refractivity contribution in [3.63, 3.8) is 0 Å². The summed E-state index contributed by atoms with van der Waals surface area (Å²) in [6, 6.07) is 0. The molecule has 106 valence electrons. The van der Waals surface area contributed by atoms with Gasteiger partial charge in [-0.3, -0.25) is 0 Å². The van der Waals surface area contributed by atoms with E-state index in [1.807, 2.05) is 0 Å². The summed E-state index contributed by atoms with van der Waals surface area (Å²) in [6.07, 6.45) is 8.46. The predicted molar refractivity (Wildman–Crippen MR) is 71.7 cm³/mol. The van der Waals surface area contributed by atoms with Gasteiger partial charge in [0.15, 0.2) is 0 Å². The van der Waals surface area contributed by atoms with Gasteiger partial charge in [-0.05, 0) is 51.9 Å². The fourth-order valence-corrected chi connectivity index (χ4v) is 3.29. The molecule has 0 aromatic carbocycles. The van der Waals surface area contributed by atoms with Crippen molar-refractivity contribution in [2.45, 2.75) is 82.5 Å². The van der Waals surface area contributed by atoms with Crippen LogP contribution in [0.25, 0.3) is 0 Å². The van der Waals surface area contributed by atoms with Crippen LogP contribution in [0.4, 0.5) is 0 Å². The summed E-state index contributed by atoms with van der Waals surface area (Å²) in [4.78, 5) is 0. The summed E-state index contributed by atoms with van der Waals surface area (Å²) in [6.45, 7) is 5.88. The minimum absolute atomic E-state index is 0.128. The van der Waals surface area contributed by atoms with Crippen LogP contribution in [0.15, 0.2) is 0 Å². The molecule has 2 saturated heterocycles. The van der Waals surface area contributed by atoms with Crippen LogP contribution in [-0.2, 0) is 9.47 Å². The van der Waals surface area contributed by atoms with Gasteiger partial charge < -0.3 is 14.6 Å². The molecule has 2 fully saturated rings. The van der Waals surface area contributed by atoms with Gasteiger partial charge in [0, 0.05) is 13.0 Å². The molecule has 3 heteroatoms. The van der Waals surface area contributed by atoms with Crippen LogP contribution in [0.3, 0.4) is 0 Å². The third-order valence-electron chi connectivity index (χ3n) is 4.66. The number of hydrogen-bond acceptors (Lipinski definition) is 3. The molecule has 0 aromatic rings. The number of rotatable bonds is 5. The highest BCUT2D eigenvalue weighted by atomic mass is 16.5. The highest BCUT2D eigenvalue weighted by Crippen LogP contribution is 2.37. The van der Waals surface area contributed by atoms with Crippen molar-refractivity contribution in [2.75, 3.05) is 13.2 Å². The normalized spacial score (nSPS) is 41.2. The van der Waals surface area contributed by atoms with Crippen LogP contribution in [0.1, 0.15) is 65.2 Å². The van der Waals surface area contributed by atoms with Crippen LogP contribution in [0.2, 0.25) is 0 Å². The van der Waals surface area contributed by atoms with E-state index in [1.54, 1.807) is 0 Å².